The fraction of sp³-hybridized carbons (Fsp3) is 0.381. The van der Waals surface area contributed by atoms with Gasteiger partial charge in [-0.05, 0) is 42.2 Å². The number of nitrogens with one attached hydrogen (secondary N) is 1. The number of amides is 1. The third-order valence-electron chi connectivity index (χ3n) is 4.57. The summed E-state index contributed by atoms with van der Waals surface area (Å²) in [7, 11) is 0. The maximum atomic E-state index is 12.4. The van der Waals surface area contributed by atoms with Gasteiger partial charge in [-0.1, -0.05) is 41.9 Å². The first-order chi connectivity index (χ1) is 12.7. The molecule has 26 heavy (non-hydrogen) atoms. The van der Waals surface area contributed by atoms with Gasteiger partial charge in [0, 0.05) is 36.8 Å². The zero-order valence-corrected chi connectivity index (χ0v) is 15.7. The van der Waals surface area contributed by atoms with E-state index in [1.54, 1.807) is 0 Å². The molecule has 1 heterocycles. The first-order valence-corrected chi connectivity index (χ1v) is 9.51. The van der Waals surface area contributed by atoms with Gasteiger partial charge in [0.25, 0.3) is 5.91 Å². The van der Waals surface area contributed by atoms with E-state index in [0.29, 0.717) is 12.1 Å². The Morgan fingerprint density at radius 3 is 2.73 bits per heavy atom. The molecule has 1 saturated heterocycles. The van der Waals surface area contributed by atoms with Crippen LogP contribution in [0.15, 0.2) is 48.5 Å². The molecule has 0 aliphatic carbocycles. The number of carbonyl (C=O) groups is 1. The Balaban J connectivity index is 1.46. The van der Waals surface area contributed by atoms with E-state index in [1.807, 2.05) is 42.5 Å². The van der Waals surface area contributed by atoms with Crippen LogP contribution in [0.5, 0.6) is 0 Å². The Hall–Kier alpha value is -1.88. The molecule has 0 bridgehead atoms. The molecule has 1 N–H and O–H groups in total. The quantitative estimate of drug-likeness (QED) is 0.756. The van der Waals surface area contributed by atoms with Crippen molar-refractivity contribution in [3.05, 3.63) is 70.2 Å². The number of hydrogen-bond donors (Lipinski definition) is 1. The fourth-order valence-corrected chi connectivity index (χ4v) is 3.34. The molecule has 0 aromatic heterocycles. The molecule has 1 fully saturated rings. The predicted octanol–water partition coefficient (Wildman–Crippen LogP) is 3.53. The van der Waals surface area contributed by atoms with Crippen LogP contribution in [0.25, 0.3) is 0 Å². The molecule has 2 aromatic rings. The van der Waals surface area contributed by atoms with Crippen LogP contribution in [0.2, 0.25) is 5.02 Å². The van der Waals surface area contributed by atoms with Crippen molar-refractivity contribution in [3.63, 3.8) is 0 Å². The van der Waals surface area contributed by atoms with Crippen molar-refractivity contribution < 1.29 is 9.53 Å². The third-order valence-corrected chi connectivity index (χ3v) is 4.93. The van der Waals surface area contributed by atoms with Crippen LogP contribution in [0.1, 0.15) is 27.9 Å². The number of aryl methyl sites for hydroxylation is 1. The molecule has 2 aromatic carbocycles. The summed E-state index contributed by atoms with van der Waals surface area (Å²) in [6.07, 6.45) is 1.72. The minimum Gasteiger partial charge on any atom is -0.379 e. The lowest BCUT2D eigenvalue weighted by Gasteiger charge is -2.26. The maximum absolute atomic E-state index is 12.4. The van der Waals surface area contributed by atoms with Crippen LogP contribution in [0.3, 0.4) is 0 Å². The molecule has 0 saturated carbocycles. The minimum atomic E-state index is -0.0204. The van der Waals surface area contributed by atoms with Gasteiger partial charge in [-0.15, -0.1) is 0 Å². The Bertz CT molecular complexity index is 729. The number of ether oxygens (including phenoxy) is 1. The maximum Gasteiger partial charge on any atom is 0.251 e. The van der Waals surface area contributed by atoms with Crippen molar-refractivity contribution >= 4 is 17.5 Å². The monoisotopic (exact) mass is 372 g/mol. The van der Waals surface area contributed by atoms with Gasteiger partial charge < -0.3 is 10.1 Å². The van der Waals surface area contributed by atoms with Crippen LogP contribution < -0.4 is 5.32 Å². The third kappa shape index (κ3) is 5.56. The van der Waals surface area contributed by atoms with Crippen molar-refractivity contribution in [1.82, 2.24) is 10.2 Å². The van der Waals surface area contributed by atoms with Crippen molar-refractivity contribution in [2.45, 2.75) is 19.4 Å². The summed E-state index contributed by atoms with van der Waals surface area (Å²) < 4.78 is 5.38. The summed E-state index contributed by atoms with van der Waals surface area (Å²) in [5.74, 6) is -0.0204. The van der Waals surface area contributed by atoms with Crippen LogP contribution in [-0.4, -0.2) is 43.7 Å². The second kappa shape index (κ2) is 9.72. The Labute approximate surface area is 160 Å². The second-order valence-electron chi connectivity index (χ2n) is 6.54. The van der Waals surface area contributed by atoms with Crippen molar-refractivity contribution in [1.29, 1.82) is 0 Å². The molecule has 138 valence electrons. The summed E-state index contributed by atoms with van der Waals surface area (Å²) >= 11 is 6.16. The molecule has 1 aliphatic heterocycles. The van der Waals surface area contributed by atoms with E-state index < -0.39 is 0 Å². The zero-order chi connectivity index (χ0) is 18.2. The molecule has 0 unspecified atom stereocenters. The number of nitrogens with zero attached hydrogens (tertiary/aromatic N) is 1. The highest BCUT2D eigenvalue weighted by Crippen LogP contribution is 2.16. The van der Waals surface area contributed by atoms with E-state index in [4.69, 9.17) is 16.3 Å². The van der Waals surface area contributed by atoms with Crippen molar-refractivity contribution in [2.24, 2.45) is 0 Å². The Morgan fingerprint density at radius 1 is 1.12 bits per heavy atom. The number of carbonyl (C=O) groups excluding carboxylic acids is 1. The first-order valence-electron chi connectivity index (χ1n) is 9.13. The normalized spacial score (nSPS) is 15.0. The minimum absolute atomic E-state index is 0.0204. The molecule has 1 amide bonds. The van der Waals surface area contributed by atoms with Gasteiger partial charge in [-0.25, -0.2) is 0 Å². The molecule has 4 nitrogen and oxygen atoms in total. The van der Waals surface area contributed by atoms with Crippen LogP contribution in [0, 0.1) is 0 Å². The molecular weight excluding hydrogens is 348 g/mol. The van der Waals surface area contributed by atoms with E-state index in [-0.39, 0.29) is 5.91 Å². The number of halogens is 1. The second-order valence-corrected chi connectivity index (χ2v) is 6.95. The number of morpholine rings is 1. The molecule has 0 radical (unpaired) electrons. The number of hydrogen-bond acceptors (Lipinski definition) is 3. The van der Waals surface area contributed by atoms with Gasteiger partial charge in [0.05, 0.1) is 13.2 Å². The zero-order valence-electron chi connectivity index (χ0n) is 14.9. The SMILES string of the molecule is O=C(NCCCc1ccccc1Cl)c1cccc(CN2CCOCC2)c1. The van der Waals surface area contributed by atoms with E-state index in [2.05, 4.69) is 16.3 Å². The van der Waals surface area contributed by atoms with Gasteiger partial charge >= 0.3 is 0 Å². The standard InChI is InChI=1S/C21H25ClN2O2/c22-20-9-2-1-6-18(20)8-4-10-23-21(25)19-7-3-5-17(15-19)16-24-11-13-26-14-12-24/h1-3,5-7,9,15H,4,8,10-14,16H2,(H,23,25). The van der Waals surface area contributed by atoms with E-state index in [1.165, 1.54) is 0 Å². The fourth-order valence-electron chi connectivity index (χ4n) is 3.11. The van der Waals surface area contributed by atoms with Gasteiger partial charge in [-0.2, -0.15) is 0 Å². The van der Waals surface area contributed by atoms with Crippen LogP contribution >= 0.6 is 11.6 Å². The molecule has 0 atom stereocenters. The van der Waals surface area contributed by atoms with Crippen LogP contribution in [-0.2, 0) is 17.7 Å². The predicted molar refractivity (Wildman–Crippen MR) is 105 cm³/mol. The van der Waals surface area contributed by atoms with E-state index in [0.717, 1.165) is 61.8 Å². The Kier molecular flexibility index (Phi) is 7.06. The molecule has 3 rings (SSSR count). The highest BCUT2D eigenvalue weighted by atomic mass is 35.5. The average molecular weight is 373 g/mol. The average Bonchev–Trinajstić information content (AvgIpc) is 2.67. The van der Waals surface area contributed by atoms with E-state index >= 15 is 0 Å². The lowest BCUT2D eigenvalue weighted by atomic mass is 10.1. The lowest BCUT2D eigenvalue weighted by Crippen LogP contribution is -2.35. The highest BCUT2D eigenvalue weighted by Gasteiger charge is 2.12. The van der Waals surface area contributed by atoms with Gasteiger partial charge in [0.15, 0.2) is 0 Å². The number of rotatable bonds is 7. The van der Waals surface area contributed by atoms with Crippen molar-refractivity contribution in [2.75, 3.05) is 32.8 Å². The molecular formula is C21H25ClN2O2. The summed E-state index contributed by atoms with van der Waals surface area (Å²) in [5, 5.41) is 3.79. The molecule has 1 aliphatic rings. The highest BCUT2D eigenvalue weighted by molar-refractivity contribution is 6.31. The van der Waals surface area contributed by atoms with Crippen molar-refractivity contribution in [3.8, 4) is 0 Å². The van der Waals surface area contributed by atoms with Gasteiger partial charge in [-0.3, -0.25) is 9.69 Å². The van der Waals surface area contributed by atoms with Gasteiger partial charge in [0.1, 0.15) is 0 Å². The lowest BCUT2D eigenvalue weighted by molar-refractivity contribution is 0.0342. The summed E-state index contributed by atoms with van der Waals surface area (Å²) in [6.45, 7) is 4.95. The summed E-state index contributed by atoms with van der Waals surface area (Å²) in [4.78, 5) is 14.7. The van der Waals surface area contributed by atoms with Crippen LogP contribution in [0.4, 0.5) is 0 Å². The van der Waals surface area contributed by atoms with E-state index in [9.17, 15) is 4.79 Å². The smallest absolute Gasteiger partial charge is 0.251 e. The number of benzene rings is 2. The largest absolute Gasteiger partial charge is 0.379 e. The molecule has 5 heteroatoms. The topological polar surface area (TPSA) is 41.6 Å². The van der Waals surface area contributed by atoms with Gasteiger partial charge in [0.2, 0.25) is 0 Å². The molecule has 0 spiro atoms. The summed E-state index contributed by atoms with van der Waals surface area (Å²) in [5.41, 5.74) is 3.00. The summed E-state index contributed by atoms with van der Waals surface area (Å²) in [6, 6.07) is 15.7. The Morgan fingerprint density at radius 2 is 1.92 bits per heavy atom. The first kappa shape index (κ1) is 18.9.